The maximum absolute atomic E-state index is 13.5. The number of benzene rings is 2. The number of hydrogen-bond donors (Lipinski definition) is 2. The molecule has 0 bridgehead atoms. The third-order valence-electron chi connectivity index (χ3n) is 3.78. The molecule has 1 heterocycles. The van der Waals surface area contributed by atoms with Gasteiger partial charge in [-0.15, -0.1) is 11.3 Å². The number of carbonyl (C=O) groups excluding carboxylic acids is 2. The number of rotatable bonds is 4. The fraction of sp³-hybridized carbons (Fsp3) is 0.150. The molecule has 0 fully saturated rings. The molecular weight excluding hydrogens is 365 g/mol. The molecule has 0 atom stereocenters. The lowest BCUT2D eigenvalue weighted by atomic mass is 10.1. The summed E-state index contributed by atoms with van der Waals surface area (Å²) in [5, 5.41) is 7.55. The first-order valence-corrected chi connectivity index (χ1v) is 9.12. The van der Waals surface area contributed by atoms with E-state index in [0.29, 0.717) is 27.6 Å². The van der Waals surface area contributed by atoms with Crippen molar-refractivity contribution in [3.05, 3.63) is 64.3 Å². The van der Waals surface area contributed by atoms with Crippen LogP contribution in [0, 0.1) is 19.7 Å². The Labute approximate surface area is 160 Å². The number of carbonyl (C=O) groups is 2. The molecule has 1 aromatic heterocycles. The van der Waals surface area contributed by atoms with E-state index in [1.54, 1.807) is 11.4 Å². The first-order chi connectivity index (χ1) is 12.8. The SMILES string of the molecule is CC(=O)Nc1cc(F)ccc1-c1csc(NC(=O)c2cc(C)cc(C)c2)n1. The minimum absolute atomic E-state index is 0.246. The van der Waals surface area contributed by atoms with Gasteiger partial charge in [0.15, 0.2) is 5.13 Å². The summed E-state index contributed by atoms with van der Waals surface area (Å²) >= 11 is 1.26. The van der Waals surface area contributed by atoms with Gasteiger partial charge in [0, 0.05) is 23.4 Å². The molecule has 7 heteroatoms. The van der Waals surface area contributed by atoms with Gasteiger partial charge in [0.25, 0.3) is 5.91 Å². The number of halogens is 1. The van der Waals surface area contributed by atoms with Crippen molar-refractivity contribution in [3.8, 4) is 11.3 Å². The van der Waals surface area contributed by atoms with Crippen molar-refractivity contribution >= 4 is 34.0 Å². The Morgan fingerprint density at radius 3 is 2.41 bits per heavy atom. The van der Waals surface area contributed by atoms with Crippen molar-refractivity contribution in [2.24, 2.45) is 0 Å². The van der Waals surface area contributed by atoms with Gasteiger partial charge in [0.1, 0.15) is 5.82 Å². The average Bonchev–Trinajstić information content (AvgIpc) is 3.01. The smallest absolute Gasteiger partial charge is 0.257 e. The number of aryl methyl sites for hydroxylation is 2. The molecule has 138 valence electrons. The number of amides is 2. The van der Waals surface area contributed by atoms with E-state index in [0.717, 1.165) is 11.1 Å². The standard InChI is InChI=1S/C20H18FN3O2S/c1-11-6-12(2)8-14(7-11)19(26)24-20-23-18(10-27-20)16-5-4-15(21)9-17(16)22-13(3)25/h4-10H,1-3H3,(H,22,25)(H,23,24,26). The topological polar surface area (TPSA) is 71.1 Å². The molecule has 0 aliphatic rings. The molecule has 0 spiro atoms. The lowest BCUT2D eigenvalue weighted by molar-refractivity contribution is -0.114. The van der Waals surface area contributed by atoms with Gasteiger partial charge in [-0.05, 0) is 44.2 Å². The van der Waals surface area contributed by atoms with Gasteiger partial charge in [-0.1, -0.05) is 17.2 Å². The molecule has 2 aromatic carbocycles. The summed E-state index contributed by atoms with van der Waals surface area (Å²) in [7, 11) is 0. The van der Waals surface area contributed by atoms with Gasteiger partial charge in [0.05, 0.1) is 11.4 Å². The van der Waals surface area contributed by atoms with Crippen LogP contribution in [0.4, 0.5) is 15.2 Å². The Hall–Kier alpha value is -3.06. The van der Waals surface area contributed by atoms with E-state index in [2.05, 4.69) is 15.6 Å². The highest BCUT2D eigenvalue weighted by Crippen LogP contribution is 2.31. The molecule has 0 saturated heterocycles. The van der Waals surface area contributed by atoms with E-state index in [4.69, 9.17) is 0 Å². The molecule has 0 aliphatic carbocycles. The molecule has 27 heavy (non-hydrogen) atoms. The summed E-state index contributed by atoms with van der Waals surface area (Å²) in [4.78, 5) is 28.2. The van der Waals surface area contributed by atoms with Crippen molar-refractivity contribution in [1.29, 1.82) is 0 Å². The molecular formula is C20H18FN3O2S. The second-order valence-corrected chi connectivity index (χ2v) is 7.10. The maximum Gasteiger partial charge on any atom is 0.257 e. The van der Waals surface area contributed by atoms with Gasteiger partial charge in [0.2, 0.25) is 5.91 Å². The quantitative estimate of drug-likeness (QED) is 0.681. The van der Waals surface area contributed by atoms with Crippen LogP contribution in [0.3, 0.4) is 0 Å². The van der Waals surface area contributed by atoms with Crippen molar-refractivity contribution in [3.63, 3.8) is 0 Å². The van der Waals surface area contributed by atoms with Crippen molar-refractivity contribution in [2.75, 3.05) is 10.6 Å². The number of thiazole rings is 1. The highest BCUT2D eigenvalue weighted by atomic mass is 32.1. The Balaban J connectivity index is 1.85. The average molecular weight is 383 g/mol. The summed E-state index contributed by atoms with van der Waals surface area (Å²) in [5.74, 6) is -1.01. The van der Waals surface area contributed by atoms with E-state index in [1.807, 2.05) is 32.0 Å². The van der Waals surface area contributed by atoms with Crippen LogP contribution in [-0.4, -0.2) is 16.8 Å². The highest BCUT2D eigenvalue weighted by Gasteiger charge is 2.14. The monoisotopic (exact) mass is 383 g/mol. The molecule has 2 N–H and O–H groups in total. The Bertz CT molecular complexity index is 1010. The summed E-state index contributed by atoms with van der Waals surface area (Å²) in [5.41, 5.74) is 4.02. The van der Waals surface area contributed by atoms with Crippen molar-refractivity contribution in [2.45, 2.75) is 20.8 Å². The number of nitrogens with zero attached hydrogens (tertiary/aromatic N) is 1. The molecule has 3 rings (SSSR count). The lowest BCUT2D eigenvalue weighted by Gasteiger charge is -2.08. The van der Waals surface area contributed by atoms with Crippen LogP contribution in [-0.2, 0) is 4.79 Å². The predicted octanol–water partition coefficient (Wildman–Crippen LogP) is 4.78. The van der Waals surface area contributed by atoms with E-state index in [9.17, 15) is 14.0 Å². The Morgan fingerprint density at radius 2 is 1.74 bits per heavy atom. The number of aromatic nitrogens is 1. The van der Waals surface area contributed by atoms with Crippen LogP contribution in [0.25, 0.3) is 11.3 Å². The molecule has 0 saturated carbocycles. The van der Waals surface area contributed by atoms with Crippen LogP contribution in [0.5, 0.6) is 0 Å². The minimum Gasteiger partial charge on any atom is -0.326 e. The zero-order valence-corrected chi connectivity index (χ0v) is 15.9. The van der Waals surface area contributed by atoms with Crippen LogP contribution < -0.4 is 10.6 Å². The number of anilines is 2. The van der Waals surface area contributed by atoms with Gasteiger partial charge in [-0.2, -0.15) is 0 Å². The molecule has 5 nitrogen and oxygen atoms in total. The van der Waals surface area contributed by atoms with Crippen LogP contribution in [0.1, 0.15) is 28.4 Å². The predicted molar refractivity (Wildman–Crippen MR) is 106 cm³/mol. The van der Waals surface area contributed by atoms with Crippen LogP contribution in [0.2, 0.25) is 0 Å². The zero-order chi connectivity index (χ0) is 19.6. The van der Waals surface area contributed by atoms with E-state index < -0.39 is 5.82 Å². The van der Waals surface area contributed by atoms with E-state index >= 15 is 0 Å². The largest absolute Gasteiger partial charge is 0.326 e. The highest BCUT2D eigenvalue weighted by molar-refractivity contribution is 7.14. The van der Waals surface area contributed by atoms with Crippen molar-refractivity contribution in [1.82, 2.24) is 4.98 Å². The Kier molecular flexibility index (Phi) is 5.32. The fourth-order valence-corrected chi connectivity index (χ4v) is 3.47. The summed E-state index contributed by atoms with van der Waals surface area (Å²) in [6.45, 7) is 5.22. The van der Waals surface area contributed by atoms with Crippen LogP contribution in [0.15, 0.2) is 41.8 Å². The third kappa shape index (κ3) is 4.57. The second-order valence-electron chi connectivity index (χ2n) is 6.24. The normalized spacial score (nSPS) is 10.5. The summed E-state index contributed by atoms with van der Waals surface area (Å²) in [6, 6.07) is 9.70. The zero-order valence-electron chi connectivity index (χ0n) is 15.1. The molecule has 2 amide bonds. The molecule has 3 aromatic rings. The lowest BCUT2D eigenvalue weighted by Crippen LogP contribution is -2.12. The molecule has 0 radical (unpaired) electrons. The molecule has 0 unspecified atom stereocenters. The summed E-state index contributed by atoms with van der Waals surface area (Å²) in [6.07, 6.45) is 0. The van der Waals surface area contributed by atoms with E-state index in [1.165, 1.54) is 30.4 Å². The van der Waals surface area contributed by atoms with E-state index in [-0.39, 0.29) is 11.8 Å². The second kappa shape index (κ2) is 7.67. The minimum atomic E-state index is -0.457. The van der Waals surface area contributed by atoms with Crippen molar-refractivity contribution < 1.29 is 14.0 Å². The van der Waals surface area contributed by atoms with Gasteiger partial charge < -0.3 is 5.32 Å². The van der Waals surface area contributed by atoms with Crippen LogP contribution >= 0.6 is 11.3 Å². The third-order valence-corrected chi connectivity index (χ3v) is 4.53. The molecule has 0 aliphatic heterocycles. The van der Waals surface area contributed by atoms with Gasteiger partial charge in [-0.25, -0.2) is 9.37 Å². The number of hydrogen-bond acceptors (Lipinski definition) is 4. The maximum atomic E-state index is 13.5. The van der Waals surface area contributed by atoms with Gasteiger partial charge >= 0.3 is 0 Å². The van der Waals surface area contributed by atoms with Gasteiger partial charge in [-0.3, -0.25) is 14.9 Å². The fourth-order valence-electron chi connectivity index (χ4n) is 2.76. The first kappa shape index (κ1) is 18.7. The summed E-state index contributed by atoms with van der Waals surface area (Å²) < 4.78 is 13.5. The first-order valence-electron chi connectivity index (χ1n) is 8.24. The number of nitrogens with one attached hydrogen (secondary N) is 2. The Morgan fingerprint density at radius 1 is 1.04 bits per heavy atom.